The fourth-order valence-electron chi connectivity index (χ4n) is 3.76. The third-order valence-electron chi connectivity index (χ3n) is 5.44. The molecule has 0 spiro atoms. The number of carbonyl (C=O) groups is 1. The summed E-state index contributed by atoms with van der Waals surface area (Å²) < 4.78 is 4.56. The minimum absolute atomic E-state index is 0.236. The van der Waals surface area contributed by atoms with Gasteiger partial charge in [0.25, 0.3) is 0 Å². The molecule has 0 amide bonds. The molecule has 150 valence electrons. The molecule has 0 aliphatic heterocycles. The first-order valence-corrected chi connectivity index (χ1v) is 10.2. The first kappa shape index (κ1) is 22.9. The lowest BCUT2D eigenvalue weighted by molar-refractivity contribution is -0.134. The van der Waals surface area contributed by atoms with Crippen molar-refractivity contribution in [3.63, 3.8) is 0 Å². The van der Waals surface area contributed by atoms with Gasteiger partial charge in [-0.2, -0.15) is 0 Å². The molecule has 0 saturated heterocycles. The fourth-order valence-corrected chi connectivity index (χ4v) is 3.76. The van der Waals surface area contributed by atoms with E-state index in [4.69, 9.17) is 0 Å². The molecule has 1 fully saturated rings. The van der Waals surface area contributed by atoms with Crippen LogP contribution in [0.5, 0.6) is 0 Å². The van der Waals surface area contributed by atoms with Crippen LogP contribution in [0.15, 0.2) is 24.3 Å². The summed E-state index contributed by atoms with van der Waals surface area (Å²) in [4.78, 5) is 11.0. The fraction of sp³-hybridized carbons (Fsp3) is 0.773. The summed E-state index contributed by atoms with van der Waals surface area (Å²) in [6, 6.07) is 0. The van der Waals surface area contributed by atoms with Crippen LogP contribution in [0.25, 0.3) is 0 Å². The number of methoxy groups -OCH3 is 1. The zero-order valence-electron chi connectivity index (χ0n) is 16.8. The first-order valence-electron chi connectivity index (χ1n) is 10.2. The zero-order valence-corrected chi connectivity index (χ0v) is 16.8. The summed E-state index contributed by atoms with van der Waals surface area (Å²) >= 11 is 0. The normalized spacial score (nSPS) is 25.8. The van der Waals surface area contributed by atoms with Gasteiger partial charge in [-0.3, -0.25) is 0 Å². The molecule has 4 unspecified atom stereocenters. The lowest BCUT2D eigenvalue weighted by Crippen LogP contribution is -2.22. The van der Waals surface area contributed by atoms with E-state index in [1.54, 1.807) is 0 Å². The van der Waals surface area contributed by atoms with Crippen molar-refractivity contribution in [3.05, 3.63) is 24.3 Å². The molecule has 26 heavy (non-hydrogen) atoms. The van der Waals surface area contributed by atoms with Crippen molar-refractivity contribution < 1.29 is 19.7 Å². The molecule has 4 nitrogen and oxygen atoms in total. The molecule has 0 aromatic rings. The van der Waals surface area contributed by atoms with E-state index < -0.39 is 5.60 Å². The lowest BCUT2D eigenvalue weighted by atomic mass is 9.87. The largest absolute Gasteiger partial charge is 0.466 e. The van der Waals surface area contributed by atoms with Gasteiger partial charge >= 0.3 is 5.97 Å². The summed E-state index contributed by atoms with van der Waals surface area (Å²) in [7, 11) is 1.38. The molecule has 0 radical (unpaired) electrons. The SMILES string of the molecule is CCCCCC(C)(O)C=CC1CCC(O)C1CCCCC=CC(=O)OC. The molecule has 4 heteroatoms. The highest BCUT2D eigenvalue weighted by molar-refractivity contribution is 5.81. The van der Waals surface area contributed by atoms with Gasteiger partial charge in [0.1, 0.15) is 0 Å². The maximum atomic E-state index is 11.0. The maximum absolute atomic E-state index is 11.0. The Morgan fingerprint density at radius 3 is 2.69 bits per heavy atom. The van der Waals surface area contributed by atoms with Crippen LogP contribution in [0, 0.1) is 11.8 Å². The number of hydrogen-bond donors (Lipinski definition) is 2. The summed E-state index contributed by atoms with van der Waals surface area (Å²) in [5.74, 6) is 0.322. The predicted molar refractivity (Wildman–Crippen MR) is 106 cm³/mol. The quantitative estimate of drug-likeness (QED) is 0.230. The summed E-state index contributed by atoms with van der Waals surface area (Å²) in [5.41, 5.74) is -0.744. The number of aliphatic hydroxyl groups excluding tert-OH is 1. The van der Waals surface area contributed by atoms with Crippen molar-refractivity contribution in [2.45, 2.75) is 89.8 Å². The average molecular weight is 367 g/mol. The Labute approximate surface area is 159 Å². The van der Waals surface area contributed by atoms with E-state index in [-0.39, 0.29) is 18.0 Å². The maximum Gasteiger partial charge on any atom is 0.330 e. The van der Waals surface area contributed by atoms with Crippen LogP contribution < -0.4 is 0 Å². The van der Waals surface area contributed by atoms with Gasteiger partial charge in [-0.05, 0) is 57.3 Å². The van der Waals surface area contributed by atoms with E-state index in [0.29, 0.717) is 5.92 Å². The number of unbranched alkanes of at least 4 members (excludes halogenated alkanes) is 4. The Bertz CT molecular complexity index is 453. The second-order valence-electron chi connectivity index (χ2n) is 7.86. The van der Waals surface area contributed by atoms with Crippen molar-refractivity contribution in [2.24, 2.45) is 11.8 Å². The molecule has 0 aromatic heterocycles. The monoisotopic (exact) mass is 366 g/mol. The molecule has 1 saturated carbocycles. The van der Waals surface area contributed by atoms with Gasteiger partial charge in [-0.15, -0.1) is 0 Å². The van der Waals surface area contributed by atoms with Crippen LogP contribution in [0.1, 0.15) is 78.1 Å². The average Bonchev–Trinajstić information content (AvgIpc) is 2.96. The lowest BCUT2D eigenvalue weighted by Gasteiger charge is -2.22. The first-order chi connectivity index (χ1) is 12.4. The van der Waals surface area contributed by atoms with E-state index in [1.807, 2.05) is 19.1 Å². The third-order valence-corrected chi connectivity index (χ3v) is 5.44. The van der Waals surface area contributed by atoms with Crippen molar-refractivity contribution in [2.75, 3.05) is 7.11 Å². The van der Waals surface area contributed by atoms with E-state index in [0.717, 1.165) is 64.2 Å². The highest BCUT2D eigenvalue weighted by atomic mass is 16.5. The molecule has 0 aromatic carbocycles. The summed E-state index contributed by atoms with van der Waals surface area (Å²) in [5, 5.41) is 20.8. The van der Waals surface area contributed by atoms with Crippen LogP contribution in [-0.2, 0) is 9.53 Å². The number of allylic oxidation sites excluding steroid dienone is 2. The number of esters is 1. The van der Waals surface area contributed by atoms with Crippen molar-refractivity contribution >= 4 is 5.97 Å². The van der Waals surface area contributed by atoms with Gasteiger partial charge in [0.05, 0.1) is 18.8 Å². The number of rotatable bonds is 12. The minimum Gasteiger partial charge on any atom is -0.466 e. The predicted octanol–water partition coefficient (Wildman–Crippen LogP) is 4.55. The molecule has 1 aliphatic rings. The van der Waals surface area contributed by atoms with Gasteiger partial charge in [0.15, 0.2) is 0 Å². The van der Waals surface area contributed by atoms with E-state index in [2.05, 4.69) is 17.7 Å². The second-order valence-corrected chi connectivity index (χ2v) is 7.86. The number of hydrogen-bond acceptors (Lipinski definition) is 4. The van der Waals surface area contributed by atoms with Crippen LogP contribution in [0.3, 0.4) is 0 Å². The molecule has 1 aliphatic carbocycles. The number of aliphatic hydroxyl groups is 2. The Morgan fingerprint density at radius 2 is 2.00 bits per heavy atom. The smallest absolute Gasteiger partial charge is 0.330 e. The van der Waals surface area contributed by atoms with E-state index in [1.165, 1.54) is 13.2 Å². The highest BCUT2D eigenvalue weighted by Gasteiger charge is 2.33. The number of ether oxygens (including phenoxy) is 1. The van der Waals surface area contributed by atoms with Crippen molar-refractivity contribution in [1.82, 2.24) is 0 Å². The topological polar surface area (TPSA) is 66.8 Å². The summed E-state index contributed by atoms with van der Waals surface area (Å²) in [6.07, 6.45) is 17.0. The third kappa shape index (κ3) is 9.00. The van der Waals surface area contributed by atoms with Crippen LogP contribution in [0.2, 0.25) is 0 Å². The van der Waals surface area contributed by atoms with Crippen LogP contribution in [0.4, 0.5) is 0 Å². The Hall–Kier alpha value is -1.13. The zero-order chi connectivity index (χ0) is 19.4. The van der Waals surface area contributed by atoms with Crippen LogP contribution >= 0.6 is 0 Å². The molecule has 4 atom stereocenters. The number of carbonyl (C=O) groups excluding carboxylic acids is 1. The van der Waals surface area contributed by atoms with Gasteiger partial charge in [-0.25, -0.2) is 4.79 Å². The van der Waals surface area contributed by atoms with Crippen LogP contribution in [-0.4, -0.2) is 35.0 Å². The molecule has 0 bridgehead atoms. The Balaban J connectivity index is 2.40. The minimum atomic E-state index is -0.744. The molecule has 2 N–H and O–H groups in total. The molecular weight excluding hydrogens is 328 g/mol. The van der Waals surface area contributed by atoms with Gasteiger partial charge < -0.3 is 14.9 Å². The van der Waals surface area contributed by atoms with Crippen molar-refractivity contribution in [3.8, 4) is 0 Å². The second kappa shape index (κ2) is 12.3. The van der Waals surface area contributed by atoms with Crippen molar-refractivity contribution in [1.29, 1.82) is 0 Å². The van der Waals surface area contributed by atoms with Gasteiger partial charge in [0, 0.05) is 6.08 Å². The molecule has 0 heterocycles. The van der Waals surface area contributed by atoms with E-state index >= 15 is 0 Å². The highest BCUT2D eigenvalue weighted by Crippen LogP contribution is 2.37. The Morgan fingerprint density at radius 1 is 1.23 bits per heavy atom. The Kier molecular flexibility index (Phi) is 10.8. The van der Waals surface area contributed by atoms with E-state index in [9.17, 15) is 15.0 Å². The molecular formula is C22H38O4. The van der Waals surface area contributed by atoms with Gasteiger partial charge in [-0.1, -0.05) is 50.8 Å². The van der Waals surface area contributed by atoms with Gasteiger partial charge in [0.2, 0.25) is 0 Å². The summed E-state index contributed by atoms with van der Waals surface area (Å²) in [6.45, 7) is 4.05. The molecule has 1 rings (SSSR count). The standard InChI is InChI=1S/C22H38O4/c1-4-5-10-16-22(2,25)17-15-18-13-14-20(23)19(18)11-8-6-7-9-12-21(24)26-3/h9,12,15,17-20,23,25H,4-8,10-11,13-14,16H2,1-3H3.